The van der Waals surface area contributed by atoms with Gasteiger partial charge in [0.05, 0.1) is 16.5 Å². The number of aromatic amines is 2. The van der Waals surface area contributed by atoms with E-state index in [0.717, 1.165) is 12.8 Å². The standard InChI is InChI=1S/C14H18N4O3/c1-2-4-8(15)7-11(19)16-10-6-3-5-9-12(10)14(21)18-17-13(9)20/h3,5-6,8H,2,4,7,15H2,1H3,(H,16,19)(H,17,20)(H,18,21). The lowest BCUT2D eigenvalue weighted by molar-refractivity contribution is -0.116. The zero-order chi connectivity index (χ0) is 15.4. The fourth-order valence-corrected chi connectivity index (χ4v) is 2.25. The Bertz CT molecular complexity index is 763. The van der Waals surface area contributed by atoms with Gasteiger partial charge >= 0.3 is 0 Å². The Kier molecular flexibility index (Phi) is 4.54. The number of nitrogens with one attached hydrogen (secondary N) is 3. The minimum atomic E-state index is -0.460. The van der Waals surface area contributed by atoms with E-state index in [1.807, 2.05) is 6.92 Å². The molecule has 1 aromatic heterocycles. The van der Waals surface area contributed by atoms with Crippen molar-refractivity contribution in [3.63, 3.8) is 0 Å². The number of H-pyrrole nitrogens is 2. The number of carbonyl (C=O) groups excluding carboxylic acids is 1. The van der Waals surface area contributed by atoms with Crippen molar-refractivity contribution in [1.82, 2.24) is 10.2 Å². The van der Waals surface area contributed by atoms with Crippen LogP contribution in [0, 0.1) is 0 Å². The number of fused-ring (bicyclic) bond motifs is 1. The van der Waals surface area contributed by atoms with Crippen LogP contribution in [0.5, 0.6) is 0 Å². The van der Waals surface area contributed by atoms with Crippen LogP contribution in [0.15, 0.2) is 27.8 Å². The first-order valence-electron chi connectivity index (χ1n) is 6.82. The predicted octanol–water partition coefficient (Wildman–Crippen LogP) is 0.672. The molecule has 5 N–H and O–H groups in total. The van der Waals surface area contributed by atoms with E-state index in [9.17, 15) is 14.4 Å². The van der Waals surface area contributed by atoms with Crippen molar-refractivity contribution < 1.29 is 4.79 Å². The van der Waals surface area contributed by atoms with Crippen molar-refractivity contribution in [3.8, 4) is 0 Å². The second kappa shape index (κ2) is 6.36. The molecule has 0 saturated heterocycles. The van der Waals surface area contributed by atoms with Crippen LogP contribution in [0.3, 0.4) is 0 Å². The Labute approximate surface area is 120 Å². The topological polar surface area (TPSA) is 121 Å². The average molecular weight is 290 g/mol. The fourth-order valence-electron chi connectivity index (χ4n) is 2.25. The number of hydrogen-bond acceptors (Lipinski definition) is 4. The Morgan fingerprint density at radius 1 is 1.29 bits per heavy atom. The highest BCUT2D eigenvalue weighted by molar-refractivity contribution is 6.01. The molecule has 2 aromatic rings. The molecule has 7 heteroatoms. The first-order valence-corrected chi connectivity index (χ1v) is 6.82. The van der Waals surface area contributed by atoms with Crippen molar-refractivity contribution in [2.24, 2.45) is 5.73 Å². The SMILES string of the molecule is CCCC(N)CC(=O)Nc1cccc2c(=O)[nH][nH]c(=O)c12. The first-order chi connectivity index (χ1) is 10.0. The molecule has 0 aliphatic rings. The summed E-state index contributed by atoms with van der Waals surface area (Å²) in [5.74, 6) is -0.275. The zero-order valence-electron chi connectivity index (χ0n) is 11.7. The van der Waals surface area contributed by atoms with Crippen LogP contribution in [-0.2, 0) is 4.79 Å². The minimum absolute atomic E-state index is 0.165. The van der Waals surface area contributed by atoms with E-state index in [2.05, 4.69) is 15.5 Å². The van der Waals surface area contributed by atoms with Gasteiger partial charge in [-0.05, 0) is 18.6 Å². The number of rotatable bonds is 5. The van der Waals surface area contributed by atoms with Gasteiger partial charge in [0, 0.05) is 12.5 Å². The molecule has 21 heavy (non-hydrogen) atoms. The predicted molar refractivity (Wildman–Crippen MR) is 81.3 cm³/mol. The van der Waals surface area contributed by atoms with Crippen molar-refractivity contribution >= 4 is 22.4 Å². The molecule has 2 rings (SSSR count). The van der Waals surface area contributed by atoms with Gasteiger partial charge in [0.15, 0.2) is 0 Å². The van der Waals surface area contributed by atoms with E-state index in [-0.39, 0.29) is 29.1 Å². The van der Waals surface area contributed by atoms with Gasteiger partial charge in [0.2, 0.25) is 5.91 Å². The Morgan fingerprint density at radius 3 is 2.71 bits per heavy atom. The molecule has 0 saturated carbocycles. The Hall–Kier alpha value is -2.41. The summed E-state index contributed by atoms with van der Waals surface area (Å²) in [6.45, 7) is 1.99. The summed E-state index contributed by atoms with van der Waals surface area (Å²) in [6, 6.07) is 4.51. The highest BCUT2D eigenvalue weighted by Gasteiger charge is 2.13. The summed E-state index contributed by atoms with van der Waals surface area (Å²) in [6.07, 6.45) is 1.83. The smallest absolute Gasteiger partial charge is 0.272 e. The van der Waals surface area contributed by atoms with E-state index >= 15 is 0 Å². The maximum Gasteiger partial charge on any atom is 0.272 e. The van der Waals surface area contributed by atoms with E-state index in [1.54, 1.807) is 12.1 Å². The second-order valence-electron chi connectivity index (χ2n) is 4.94. The van der Waals surface area contributed by atoms with Gasteiger partial charge in [-0.15, -0.1) is 0 Å². The highest BCUT2D eigenvalue weighted by atomic mass is 16.2. The van der Waals surface area contributed by atoms with Crippen LogP contribution in [0.25, 0.3) is 10.8 Å². The van der Waals surface area contributed by atoms with Crippen LogP contribution in [0.4, 0.5) is 5.69 Å². The third-order valence-electron chi connectivity index (χ3n) is 3.21. The van der Waals surface area contributed by atoms with Crippen LogP contribution in [0.1, 0.15) is 26.2 Å². The van der Waals surface area contributed by atoms with Gasteiger partial charge in [-0.2, -0.15) is 0 Å². The average Bonchev–Trinajstić information content (AvgIpc) is 2.43. The maximum absolute atomic E-state index is 11.9. The molecule has 1 heterocycles. The number of benzene rings is 1. The lowest BCUT2D eigenvalue weighted by Crippen LogP contribution is -2.27. The third-order valence-corrected chi connectivity index (χ3v) is 3.21. The first kappa shape index (κ1) is 15.0. The van der Waals surface area contributed by atoms with E-state index < -0.39 is 11.1 Å². The van der Waals surface area contributed by atoms with Crippen LogP contribution in [0.2, 0.25) is 0 Å². The molecule has 7 nitrogen and oxygen atoms in total. The molecule has 0 radical (unpaired) electrons. The van der Waals surface area contributed by atoms with Crippen LogP contribution < -0.4 is 22.2 Å². The number of anilines is 1. The quantitative estimate of drug-likeness (QED) is 0.646. The lowest BCUT2D eigenvalue weighted by atomic mass is 10.1. The van der Waals surface area contributed by atoms with Gasteiger partial charge < -0.3 is 11.1 Å². The van der Waals surface area contributed by atoms with Crippen LogP contribution >= 0.6 is 0 Å². The zero-order valence-corrected chi connectivity index (χ0v) is 11.7. The molecule has 1 unspecified atom stereocenters. The number of hydrogen-bond donors (Lipinski definition) is 4. The molecule has 0 fully saturated rings. The number of amides is 1. The van der Waals surface area contributed by atoms with Crippen molar-refractivity contribution in [1.29, 1.82) is 0 Å². The summed E-state index contributed by atoms with van der Waals surface area (Å²) < 4.78 is 0. The summed E-state index contributed by atoms with van der Waals surface area (Å²) in [4.78, 5) is 35.5. The minimum Gasteiger partial charge on any atom is -0.327 e. The van der Waals surface area contributed by atoms with Crippen molar-refractivity contribution in [2.75, 3.05) is 5.32 Å². The van der Waals surface area contributed by atoms with Gasteiger partial charge in [-0.1, -0.05) is 19.4 Å². The molecule has 0 spiro atoms. The second-order valence-corrected chi connectivity index (χ2v) is 4.94. The highest BCUT2D eigenvalue weighted by Crippen LogP contribution is 2.17. The molecule has 1 atom stereocenters. The largest absolute Gasteiger partial charge is 0.327 e. The van der Waals surface area contributed by atoms with E-state index in [0.29, 0.717) is 5.69 Å². The number of carbonyl (C=O) groups is 1. The molecule has 0 aliphatic heterocycles. The summed E-state index contributed by atoms with van der Waals surface area (Å²) >= 11 is 0. The molecular weight excluding hydrogens is 272 g/mol. The monoisotopic (exact) mass is 290 g/mol. The lowest BCUT2D eigenvalue weighted by Gasteiger charge is -2.11. The molecule has 1 amide bonds. The maximum atomic E-state index is 11.9. The molecule has 112 valence electrons. The molecule has 1 aromatic carbocycles. The van der Waals surface area contributed by atoms with E-state index in [1.165, 1.54) is 6.07 Å². The van der Waals surface area contributed by atoms with Crippen LogP contribution in [-0.4, -0.2) is 22.1 Å². The summed E-state index contributed by atoms with van der Waals surface area (Å²) in [5.41, 5.74) is 5.26. The van der Waals surface area contributed by atoms with Gasteiger partial charge in [-0.3, -0.25) is 24.6 Å². The van der Waals surface area contributed by atoms with Gasteiger partial charge in [0.25, 0.3) is 11.1 Å². The molecule has 0 aliphatic carbocycles. The summed E-state index contributed by atoms with van der Waals surface area (Å²) in [5, 5.41) is 7.54. The number of aromatic nitrogens is 2. The summed E-state index contributed by atoms with van der Waals surface area (Å²) in [7, 11) is 0. The van der Waals surface area contributed by atoms with E-state index in [4.69, 9.17) is 5.73 Å². The Balaban J connectivity index is 2.31. The molecule has 0 bridgehead atoms. The van der Waals surface area contributed by atoms with Gasteiger partial charge in [-0.25, -0.2) is 0 Å². The Morgan fingerprint density at radius 2 is 2.00 bits per heavy atom. The van der Waals surface area contributed by atoms with Crippen molar-refractivity contribution in [2.45, 2.75) is 32.2 Å². The number of nitrogens with two attached hydrogens (primary N) is 1. The van der Waals surface area contributed by atoms with Gasteiger partial charge in [0.1, 0.15) is 0 Å². The normalized spacial score (nSPS) is 12.3. The fraction of sp³-hybridized carbons (Fsp3) is 0.357. The molecular formula is C14H18N4O3. The van der Waals surface area contributed by atoms with Crippen molar-refractivity contribution in [3.05, 3.63) is 38.9 Å². The third kappa shape index (κ3) is 3.38.